The highest BCUT2D eigenvalue weighted by molar-refractivity contribution is 6.31. The molecule has 0 saturated carbocycles. The van der Waals surface area contributed by atoms with Crippen LogP contribution in [0.3, 0.4) is 0 Å². The molecule has 16 heavy (non-hydrogen) atoms. The molecular formula is C14H22ClN. The molecule has 2 N–H and O–H groups in total. The number of hydrogen-bond donors (Lipinski definition) is 1. The van der Waals surface area contributed by atoms with Crippen LogP contribution >= 0.6 is 11.6 Å². The van der Waals surface area contributed by atoms with Crippen molar-refractivity contribution >= 4 is 11.6 Å². The highest BCUT2D eigenvalue weighted by Gasteiger charge is 2.17. The molecule has 0 fully saturated rings. The fourth-order valence-electron chi connectivity index (χ4n) is 2.00. The van der Waals surface area contributed by atoms with E-state index in [-0.39, 0.29) is 6.04 Å². The van der Waals surface area contributed by atoms with Crippen molar-refractivity contribution in [2.75, 3.05) is 0 Å². The van der Waals surface area contributed by atoms with Crippen molar-refractivity contribution in [3.8, 4) is 0 Å². The molecule has 90 valence electrons. The minimum absolute atomic E-state index is 0.0479. The van der Waals surface area contributed by atoms with Gasteiger partial charge in [0.25, 0.3) is 0 Å². The van der Waals surface area contributed by atoms with E-state index in [1.807, 2.05) is 6.07 Å². The first-order valence-corrected chi connectivity index (χ1v) is 6.37. The summed E-state index contributed by atoms with van der Waals surface area (Å²) < 4.78 is 0. The van der Waals surface area contributed by atoms with Gasteiger partial charge in [0.1, 0.15) is 0 Å². The van der Waals surface area contributed by atoms with Gasteiger partial charge in [-0.15, -0.1) is 0 Å². The Morgan fingerprint density at radius 1 is 1.25 bits per heavy atom. The Bertz CT molecular complexity index is 360. The van der Waals surface area contributed by atoms with Gasteiger partial charge in [0, 0.05) is 11.1 Å². The Morgan fingerprint density at radius 2 is 1.81 bits per heavy atom. The highest BCUT2D eigenvalue weighted by Crippen LogP contribution is 2.30. The lowest BCUT2D eigenvalue weighted by molar-refractivity contribution is 0.433. The van der Waals surface area contributed by atoms with E-state index in [1.54, 1.807) is 0 Å². The molecule has 0 heterocycles. The largest absolute Gasteiger partial charge is 0.324 e. The molecule has 0 aliphatic heterocycles. The zero-order chi connectivity index (χ0) is 12.3. The predicted octanol–water partition coefficient (Wildman–Crippen LogP) is 4.39. The molecule has 0 aromatic heterocycles. The zero-order valence-electron chi connectivity index (χ0n) is 10.7. The maximum absolute atomic E-state index is 6.26. The summed E-state index contributed by atoms with van der Waals surface area (Å²) in [6.07, 6.45) is 2.31. The minimum Gasteiger partial charge on any atom is -0.324 e. The maximum Gasteiger partial charge on any atom is 0.0456 e. The van der Waals surface area contributed by atoms with Gasteiger partial charge < -0.3 is 5.73 Å². The molecule has 2 unspecified atom stereocenters. The third-order valence-electron chi connectivity index (χ3n) is 3.33. The van der Waals surface area contributed by atoms with Crippen LogP contribution in [0, 0.1) is 19.8 Å². The Balaban J connectivity index is 2.99. The summed E-state index contributed by atoms with van der Waals surface area (Å²) in [6, 6.07) is 4.20. The highest BCUT2D eigenvalue weighted by atomic mass is 35.5. The average molecular weight is 240 g/mol. The summed E-state index contributed by atoms with van der Waals surface area (Å²) in [5.74, 6) is 0.476. The van der Waals surface area contributed by atoms with E-state index < -0.39 is 0 Å². The number of nitrogens with two attached hydrogens (primary N) is 1. The van der Waals surface area contributed by atoms with E-state index in [2.05, 4.69) is 33.8 Å². The number of hydrogen-bond acceptors (Lipinski definition) is 1. The molecule has 0 bridgehead atoms. The number of halogens is 1. The predicted molar refractivity (Wildman–Crippen MR) is 71.9 cm³/mol. The average Bonchev–Trinajstić information content (AvgIpc) is 2.23. The van der Waals surface area contributed by atoms with Gasteiger partial charge in [-0.25, -0.2) is 0 Å². The van der Waals surface area contributed by atoms with Gasteiger partial charge in [0.05, 0.1) is 0 Å². The van der Waals surface area contributed by atoms with E-state index in [9.17, 15) is 0 Å². The first-order chi connectivity index (χ1) is 7.47. The van der Waals surface area contributed by atoms with Crippen molar-refractivity contribution < 1.29 is 0 Å². The van der Waals surface area contributed by atoms with E-state index in [0.29, 0.717) is 5.92 Å². The van der Waals surface area contributed by atoms with Crippen LogP contribution in [0.15, 0.2) is 12.1 Å². The molecule has 1 aromatic carbocycles. The van der Waals surface area contributed by atoms with Crippen LogP contribution in [0.1, 0.15) is 49.4 Å². The second-order valence-electron chi connectivity index (χ2n) is 4.75. The minimum atomic E-state index is 0.0479. The smallest absolute Gasteiger partial charge is 0.0456 e. The quantitative estimate of drug-likeness (QED) is 0.829. The Hall–Kier alpha value is -0.530. The third-order valence-corrected chi connectivity index (χ3v) is 3.66. The monoisotopic (exact) mass is 239 g/mol. The molecular weight excluding hydrogens is 218 g/mol. The zero-order valence-corrected chi connectivity index (χ0v) is 11.4. The van der Waals surface area contributed by atoms with Crippen LogP contribution in [0.2, 0.25) is 5.02 Å². The lowest BCUT2D eigenvalue weighted by Crippen LogP contribution is -2.19. The van der Waals surface area contributed by atoms with E-state index in [0.717, 1.165) is 23.4 Å². The van der Waals surface area contributed by atoms with Crippen LogP contribution < -0.4 is 5.73 Å². The summed E-state index contributed by atoms with van der Waals surface area (Å²) in [5.41, 5.74) is 9.84. The third kappa shape index (κ3) is 2.99. The first-order valence-electron chi connectivity index (χ1n) is 5.99. The van der Waals surface area contributed by atoms with Crippen LogP contribution in [0.25, 0.3) is 0 Å². The Morgan fingerprint density at radius 3 is 2.38 bits per heavy atom. The molecule has 0 saturated heterocycles. The van der Waals surface area contributed by atoms with Crippen molar-refractivity contribution in [2.45, 2.75) is 46.6 Å². The second-order valence-corrected chi connectivity index (χ2v) is 5.16. The molecule has 0 aliphatic rings. The van der Waals surface area contributed by atoms with Crippen molar-refractivity contribution in [1.82, 2.24) is 0 Å². The van der Waals surface area contributed by atoms with Crippen molar-refractivity contribution in [3.05, 3.63) is 33.8 Å². The normalized spacial score (nSPS) is 14.9. The SMILES string of the molecule is CCCC(C)C(N)c1cc(C)c(C)cc1Cl. The number of aryl methyl sites for hydroxylation is 2. The van der Waals surface area contributed by atoms with Crippen LogP contribution in [-0.4, -0.2) is 0 Å². The fraction of sp³-hybridized carbons (Fsp3) is 0.571. The molecule has 2 heteroatoms. The van der Waals surface area contributed by atoms with Gasteiger partial charge in [-0.05, 0) is 48.9 Å². The lowest BCUT2D eigenvalue weighted by atomic mass is 9.90. The molecule has 0 radical (unpaired) electrons. The van der Waals surface area contributed by atoms with E-state index >= 15 is 0 Å². The first kappa shape index (κ1) is 13.5. The second kappa shape index (κ2) is 5.70. The Kier molecular flexibility index (Phi) is 4.82. The standard InChI is InChI=1S/C14H22ClN/c1-5-6-9(2)14(16)12-7-10(3)11(4)8-13(12)15/h7-9,14H,5-6,16H2,1-4H3. The van der Waals surface area contributed by atoms with Gasteiger partial charge in [-0.2, -0.15) is 0 Å². The van der Waals surface area contributed by atoms with E-state index in [4.69, 9.17) is 17.3 Å². The van der Waals surface area contributed by atoms with Crippen LogP contribution in [-0.2, 0) is 0 Å². The van der Waals surface area contributed by atoms with Gasteiger partial charge in [-0.1, -0.05) is 37.9 Å². The maximum atomic E-state index is 6.26. The van der Waals surface area contributed by atoms with Crippen molar-refractivity contribution in [3.63, 3.8) is 0 Å². The molecule has 0 amide bonds. The van der Waals surface area contributed by atoms with Gasteiger partial charge in [-0.3, -0.25) is 0 Å². The molecule has 2 atom stereocenters. The van der Waals surface area contributed by atoms with Gasteiger partial charge in [0.15, 0.2) is 0 Å². The topological polar surface area (TPSA) is 26.0 Å². The van der Waals surface area contributed by atoms with Crippen LogP contribution in [0.5, 0.6) is 0 Å². The summed E-state index contributed by atoms with van der Waals surface area (Å²) in [6.45, 7) is 8.56. The number of benzene rings is 1. The Labute approximate surface area is 104 Å². The summed E-state index contributed by atoms with van der Waals surface area (Å²) in [5, 5.41) is 0.804. The van der Waals surface area contributed by atoms with Gasteiger partial charge >= 0.3 is 0 Å². The molecule has 1 rings (SSSR count). The summed E-state index contributed by atoms with van der Waals surface area (Å²) in [7, 11) is 0. The van der Waals surface area contributed by atoms with Crippen molar-refractivity contribution in [1.29, 1.82) is 0 Å². The molecule has 1 nitrogen and oxygen atoms in total. The summed E-state index contributed by atoms with van der Waals surface area (Å²) in [4.78, 5) is 0. The van der Waals surface area contributed by atoms with Crippen molar-refractivity contribution in [2.24, 2.45) is 11.7 Å². The lowest BCUT2D eigenvalue weighted by Gasteiger charge is -2.21. The van der Waals surface area contributed by atoms with Crippen LogP contribution in [0.4, 0.5) is 0 Å². The summed E-state index contributed by atoms with van der Waals surface area (Å²) >= 11 is 6.26. The number of rotatable bonds is 4. The van der Waals surface area contributed by atoms with Gasteiger partial charge in [0.2, 0.25) is 0 Å². The molecule has 0 spiro atoms. The fourth-order valence-corrected chi connectivity index (χ4v) is 2.34. The molecule has 0 aliphatic carbocycles. The van der Waals surface area contributed by atoms with E-state index in [1.165, 1.54) is 11.1 Å². The molecule has 1 aromatic rings.